The molecule has 0 heterocycles. The largest absolute Gasteiger partial charge is 0.457 e. The average molecular weight is 316 g/mol. The second-order valence-electron chi connectivity index (χ2n) is 5.49. The smallest absolute Gasteiger partial charge is 0.220 e. The zero-order chi connectivity index (χ0) is 16.7. The van der Waals surface area contributed by atoms with Gasteiger partial charge in [-0.25, -0.2) is 4.39 Å². The molecule has 1 amide bonds. The Morgan fingerprint density at radius 3 is 2.26 bits per heavy atom. The second kappa shape index (κ2) is 8.29. The summed E-state index contributed by atoms with van der Waals surface area (Å²) in [6.45, 7) is 2.35. The number of halogens is 1. The second-order valence-corrected chi connectivity index (χ2v) is 5.49. The zero-order valence-corrected chi connectivity index (χ0v) is 13.1. The first kappa shape index (κ1) is 17.0. The number of rotatable bonds is 7. The number of nitrogens with two attached hydrogens (primary N) is 1. The lowest BCUT2D eigenvalue weighted by atomic mass is 10.2. The molecule has 0 radical (unpaired) electrons. The number of amides is 1. The number of carbonyl (C=O) groups excluding carboxylic acids is 1. The van der Waals surface area contributed by atoms with Crippen molar-refractivity contribution in [2.45, 2.75) is 32.4 Å². The van der Waals surface area contributed by atoms with E-state index in [2.05, 4.69) is 5.32 Å². The molecule has 4 nitrogen and oxygen atoms in total. The minimum absolute atomic E-state index is 0.00561. The maximum atomic E-state index is 12.8. The Balaban J connectivity index is 1.82. The summed E-state index contributed by atoms with van der Waals surface area (Å²) in [6.07, 6.45) is 1.11. The molecule has 0 bridgehead atoms. The minimum atomic E-state index is -0.299. The zero-order valence-electron chi connectivity index (χ0n) is 13.1. The van der Waals surface area contributed by atoms with E-state index in [4.69, 9.17) is 10.5 Å². The molecule has 0 aromatic heterocycles. The standard InChI is InChI=1S/C18H21FN2O2/c1-13(20)2-11-18(22)21-12-14-3-7-16(8-4-14)23-17-9-5-15(19)6-10-17/h3-10,13H,2,11-12,20H2,1H3,(H,21,22). The van der Waals surface area contributed by atoms with Gasteiger partial charge in [-0.1, -0.05) is 12.1 Å². The highest BCUT2D eigenvalue weighted by Crippen LogP contribution is 2.21. The molecule has 1 unspecified atom stereocenters. The quantitative estimate of drug-likeness (QED) is 0.823. The Kier molecular flexibility index (Phi) is 6.11. The van der Waals surface area contributed by atoms with Gasteiger partial charge in [-0.2, -0.15) is 0 Å². The van der Waals surface area contributed by atoms with Gasteiger partial charge in [0.2, 0.25) is 5.91 Å². The monoisotopic (exact) mass is 316 g/mol. The molecule has 0 fully saturated rings. The molecule has 3 N–H and O–H groups in total. The van der Waals surface area contributed by atoms with Crippen molar-refractivity contribution in [2.24, 2.45) is 5.73 Å². The van der Waals surface area contributed by atoms with Crippen LogP contribution in [0.3, 0.4) is 0 Å². The first-order valence-corrected chi connectivity index (χ1v) is 7.57. The summed E-state index contributed by atoms with van der Waals surface area (Å²) in [7, 11) is 0. The van der Waals surface area contributed by atoms with Crippen molar-refractivity contribution < 1.29 is 13.9 Å². The van der Waals surface area contributed by atoms with Gasteiger partial charge in [-0.15, -0.1) is 0 Å². The Labute approximate surface area is 135 Å². The van der Waals surface area contributed by atoms with Crippen LogP contribution >= 0.6 is 0 Å². The Morgan fingerprint density at radius 2 is 1.70 bits per heavy atom. The molecule has 2 aromatic carbocycles. The van der Waals surface area contributed by atoms with Crippen LogP contribution in [0.15, 0.2) is 48.5 Å². The third-order valence-corrected chi connectivity index (χ3v) is 3.29. The summed E-state index contributed by atoms with van der Waals surface area (Å²) in [4.78, 5) is 11.6. The van der Waals surface area contributed by atoms with Crippen LogP contribution in [-0.2, 0) is 11.3 Å². The molecule has 23 heavy (non-hydrogen) atoms. The molecule has 0 saturated heterocycles. The molecule has 122 valence electrons. The predicted molar refractivity (Wildman–Crippen MR) is 87.6 cm³/mol. The first-order chi connectivity index (χ1) is 11.0. The van der Waals surface area contributed by atoms with Crippen LogP contribution in [0.1, 0.15) is 25.3 Å². The van der Waals surface area contributed by atoms with Crippen LogP contribution in [0, 0.1) is 5.82 Å². The van der Waals surface area contributed by atoms with E-state index in [1.54, 1.807) is 12.1 Å². The molecule has 0 spiro atoms. The van der Waals surface area contributed by atoms with Crippen LogP contribution in [0.25, 0.3) is 0 Å². The topological polar surface area (TPSA) is 64.4 Å². The number of hydrogen-bond donors (Lipinski definition) is 2. The fourth-order valence-electron chi connectivity index (χ4n) is 1.96. The normalized spacial score (nSPS) is 11.8. The van der Waals surface area contributed by atoms with Gasteiger partial charge in [0.15, 0.2) is 0 Å². The van der Waals surface area contributed by atoms with Crippen LogP contribution in [0.4, 0.5) is 4.39 Å². The molecular formula is C18H21FN2O2. The average Bonchev–Trinajstić information content (AvgIpc) is 2.54. The van der Waals surface area contributed by atoms with Crippen molar-refractivity contribution in [3.63, 3.8) is 0 Å². The van der Waals surface area contributed by atoms with Crippen LogP contribution in [-0.4, -0.2) is 11.9 Å². The van der Waals surface area contributed by atoms with E-state index in [-0.39, 0.29) is 17.8 Å². The van der Waals surface area contributed by atoms with E-state index >= 15 is 0 Å². The van der Waals surface area contributed by atoms with Gasteiger partial charge in [0.25, 0.3) is 0 Å². The number of nitrogens with one attached hydrogen (secondary N) is 1. The molecule has 2 rings (SSSR count). The lowest BCUT2D eigenvalue weighted by Gasteiger charge is -2.09. The van der Waals surface area contributed by atoms with E-state index in [1.165, 1.54) is 12.1 Å². The van der Waals surface area contributed by atoms with Gasteiger partial charge in [-0.05, 0) is 55.3 Å². The van der Waals surface area contributed by atoms with Crippen molar-refractivity contribution in [1.82, 2.24) is 5.32 Å². The van der Waals surface area contributed by atoms with E-state index < -0.39 is 0 Å². The summed E-state index contributed by atoms with van der Waals surface area (Å²) in [5.41, 5.74) is 6.60. The SMILES string of the molecule is CC(N)CCC(=O)NCc1ccc(Oc2ccc(F)cc2)cc1. The fourth-order valence-corrected chi connectivity index (χ4v) is 1.96. The molecule has 0 aliphatic carbocycles. The summed E-state index contributed by atoms with van der Waals surface area (Å²) < 4.78 is 18.4. The Bertz CT molecular complexity index is 624. The van der Waals surface area contributed by atoms with Gasteiger partial charge in [0, 0.05) is 19.0 Å². The van der Waals surface area contributed by atoms with Crippen molar-refractivity contribution in [2.75, 3.05) is 0 Å². The van der Waals surface area contributed by atoms with E-state index in [1.807, 2.05) is 31.2 Å². The summed E-state index contributed by atoms with van der Waals surface area (Å²) in [6, 6.07) is 13.3. The fraction of sp³-hybridized carbons (Fsp3) is 0.278. The number of ether oxygens (including phenoxy) is 1. The molecule has 1 atom stereocenters. The van der Waals surface area contributed by atoms with Crippen molar-refractivity contribution in [1.29, 1.82) is 0 Å². The van der Waals surface area contributed by atoms with Crippen molar-refractivity contribution in [3.05, 3.63) is 59.9 Å². The van der Waals surface area contributed by atoms with Crippen molar-refractivity contribution >= 4 is 5.91 Å². The number of hydrogen-bond acceptors (Lipinski definition) is 3. The van der Waals surface area contributed by atoms with Crippen LogP contribution in [0.2, 0.25) is 0 Å². The Hall–Kier alpha value is -2.40. The highest BCUT2D eigenvalue weighted by atomic mass is 19.1. The third kappa shape index (κ3) is 6.08. The summed E-state index contributed by atoms with van der Waals surface area (Å²) >= 11 is 0. The molecular weight excluding hydrogens is 295 g/mol. The lowest BCUT2D eigenvalue weighted by molar-refractivity contribution is -0.121. The number of benzene rings is 2. The maximum absolute atomic E-state index is 12.8. The summed E-state index contributed by atoms with van der Waals surface area (Å²) in [5.74, 6) is 0.924. The molecule has 5 heteroatoms. The molecule has 0 aliphatic rings. The summed E-state index contributed by atoms with van der Waals surface area (Å²) in [5, 5.41) is 2.85. The van der Waals surface area contributed by atoms with Gasteiger partial charge >= 0.3 is 0 Å². The third-order valence-electron chi connectivity index (χ3n) is 3.29. The molecule has 2 aromatic rings. The minimum Gasteiger partial charge on any atom is -0.457 e. The van der Waals surface area contributed by atoms with Gasteiger partial charge in [0.05, 0.1) is 0 Å². The highest BCUT2D eigenvalue weighted by Gasteiger charge is 2.04. The molecule has 0 aliphatic heterocycles. The van der Waals surface area contributed by atoms with Gasteiger partial charge in [-0.3, -0.25) is 4.79 Å². The number of carbonyl (C=O) groups is 1. The van der Waals surface area contributed by atoms with Gasteiger partial charge in [0.1, 0.15) is 17.3 Å². The lowest BCUT2D eigenvalue weighted by Crippen LogP contribution is -2.25. The van der Waals surface area contributed by atoms with Crippen LogP contribution in [0.5, 0.6) is 11.5 Å². The maximum Gasteiger partial charge on any atom is 0.220 e. The van der Waals surface area contributed by atoms with Crippen LogP contribution < -0.4 is 15.8 Å². The molecule has 0 saturated carbocycles. The highest BCUT2D eigenvalue weighted by molar-refractivity contribution is 5.75. The first-order valence-electron chi connectivity index (χ1n) is 7.57. The van der Waals surface area contributed by atoms with E-state index in [9.17, 15) is 9.18 Å². The van der Waals surface area contributed by atoms with Gasteiger partial charge < -0.3 is 15.8 Å². The van der Waals surface area contributed by atoms with E-state index in [0.29, 0.717) is 30.9 Å². The van der Waals surface area contributed by atoms with E-state index in [0.717, 1.165) is 5.56 Å². The van der Waals surface area contributed by atoms with Crippen molar-refractivity contribution in [3.8, 4) is 11.5 Å². The predicted octanol–water partition coefficient (Wildman–Crippen LogP) is 3.36. The Morgan fingerprint density at radius 1 is 1.13 bits per heavy atom.